The lowest BCUT2D eigenvalue weighted by Gasteiger charge is -2.42. The first-order chi connectivity index (χ1) is 11.2. The van der Waals surface area contributed by atoms with Crippen molar-refractivity contribution in [1.82, 2.24) is 25.1 Å². The van der Waals surface area contributed by atoms with Crippen LogP contribution in [0, 0.1) is 0 Å². The summed E-state index contributed by atoms with van der Waals surface area (Å²) in [6.07, 6.45) is 9.80. The van der Waals surface area contributed by atoms with Gasteiger partial charge in [0.25, 0.3) is 0 Å². The molecule has 0 aromatic carbocycles. The van der Waals surface area contributed by atoms with Gasteiger partial charge < -0.3 is 10.2 Å². The Bertz CT molecular complexity index is 704. The first-order valence-electron chi connectivity index (χ1n) is 7.98. The fourth-order valence-corrected chi connectivity index (χ4v) is 3.89. The molecule has 0 radical (unpaired) electrons. The lowest BCUT2D eigenvalue weighted by Crippen LogP contribution is -2.53. The first-order valence-corrected chi connectivity index (χ1v) is 7.98. The van der Waals surface area contributed by atoms with E-state index in [1.54, 1.807) is 17.1 Å². The van der Waals surface area contributed by atoms with Crippen LogP contribution in [0.1, 0.15) is 30.7 Å². The number of nitrogens with zero attached hydrogens (tertiary/aromatic N) is 5. The summed E-state index contributed by atoms with van der Waals surface area (Å²) in [6.45, 7) is 1.70. The molecule has 1 amide bonds. The van der Waals surface area contributed by atoms with Crippen LogP contribution in [0.25, 0.3) is 0 Å². The summed E-state index contributed by atoms with van der Waals surface area (Å²) in [4.78, 5) is 22.9. The first kappa shape index (κ1) is 14.2. The van der Waals surface area contributed by atoms with Gasteiger partial charge in [-0.25, -0.2) is 9.97 Å². The van der Waals surface area contributed by atoms with Gasteiger partial charge in [-0.1, -0.05) is 0 Å². The molecule has 2 aromatic heterocycles. The fourth-order valence-electron chi connectivity index (χ4n) is 3.89. The van der Waals surface area contributed by atoms with Gasteiger partial charge in [0.1, 0.15) is 0 Å². The summed E-state index contributed by atoms with van der Waals surface area (Å²) in [7, 11) is 1.91. The van der Waals surface area contributed by atoms with Crippen LogP contribution >= 0.6 is 0 Å². The summed E-state index contributed by atoms with van der Waals surface area (Å²) in [5.74, 6) is 1.11. The predicted molar refractivity (Wildman–Crippen MR) is 84.9 cm³/mol. The summed E-state index contributed by atoms with van der Waals surface area (Å²) < 4.78 is 1.80. The zero-order chi connectivity index (χ0) is 15.9. The largest absolute Gasteiger partial charge is 0.350 e. The van der Waals surface area contributed by atoms with Gasteiger partial charge in [-0.3, -0.25) is 9.48 Å². The Kier molecular flexibility index (Phi) is 3.28. The number of piperidine rings is 1. The Morgan fingerprint density at radius 2 is 2.00 bits per heavy atom. The highest BCUT2D eigenvalue weighted by Crippen LogP contribution is 2.43. The molecule has 4 rings (SSSR count). The van der Waals surface area contributed by atoms with E-state index in [0.29, 0.717) is 6.42 Å². The molecule has 1 spiro atoms. The Balaban J connectivity index is 1.55. The normalized spacial score (nSPS) is 23.3. The zero-order valence-electron chi connectivity index (χ0n) is 13.1. The summed E-state index contributed by atoms with van der Waals surface area (Å²) in [5, 5.41) is 7.53. The van der Waals surface area contributed by atoms with E-state index in [2.05, 4.69) is 25.3 Å². The van der Waals surface area contributed by atoms with Crippen molar-refractivity contribution in [3.63, 3.8) is 0 Å². The van der Waals surface area contributed by atoms with E-state index < -0.39 is 0 Å². The molecule has 2 saturated heterocycles. The Labute approximate surface area is 134 Å². The van der Waals surface area contributed by atoms with Gasteiger partial charge >= 0.3 is 0 Å². The molecular weight excluding hydrogens is 292 g/mol. The van der Waals surface area contributed by atoms with Crippen LogP contribution in [0.2, 0.25) is 0 Å². The monoisotopic (exact) mass is 312 g/mol. The number of rotatable bonds is 2. The molecule has 2 aromatic rings. The number of aromatic nitrogens is 4. The lowest BCUT2D eigenvalue weighted by atomic mass is 9.75. The molecule has 1 N–H and O–H groups in total. The van der Waals surface area contributed by atoms with E-state index in [-0.39, 0.29) is 17.4 Å². The van der Waals surface area contributed by atoms with E-state index in [0.717, 1.165) is 37.4 Å². The average molecular weight is 312 g/mol. The molecule has 1 atom stereocenters. The number of carbonyl (C=O) groups is 1. The third-order valence-electron chi connectivity index (χ3n) is 5.06. The lowest BCUT2D eigenvalue weighted by molar-refractivity contribution is -0.119. The van der Waals surface area contributed by atoms with Gasteiger partial charge in [-0.2, -0.15) is 5.10 Å². The minimum atomic E-state index is -0.161. The Morgan fingerprint density at radius 3 is 2.65 bits per heavy atom. The predicted octanol–water partition coefficient (Wildman–Crippen LogP) is 0.853. The molecule has 0 saturated carbocycles. The van der Waals surface area contributed by atoms with Gasteiger partial charge in [0.15, 0.2) is 0 Å². The average Bonchev–Trinajstić information content (AvgIpc) is 3.12. The maximum atomic E-state index is 12.1. The van der Waals surface area contributed by atoms with Crippen LogP contribution in [-0.4, -0.2) is 44.3 Å². The molecular formula is C16H20N6O. The molecule has 0 aliphatic carbocycles. The number of aryl methyl sites for hydroxylation is 1. The van der Waals surface area contributed by atoms with Gasteiger partial charge in [0.05, 0.1) is 11.7 Å². The third kappa shape index (κ3) is 2.46. The summed E-state index contributed by atoms with van der Waals surface area (Å²) in [5.41, 5.74) is 0.987. The molecule has 23 heavy (non-hydrogen) atoms. The molecule has 120 valence electrons. The maximum absolute atomic E-state index is 12.1. The summed E-state index contributed by atoms with van der Waals surface area (Å²) >= 11 is 0. The topological polar surface area (TPSA) is 75.9 Å². The van der Waals surface area contributed by atoms with Crippen LogP contribution in [0.5, 0.6) is 0 Å². The van der Waals surface area contributed by atoms with Crippen molar-refractivity contribution < 1.29 is 4.79 Å². The molecule has 2 aliphatic rings. The second-order valence-electron chi connectivity index (χ2n) is 6.44. The van der Waals surface area contributed by atoms with E-state index in [4.69, 9.17) is 0 Å². The zero-order valence-corrected chi connectivity index (χ0v) is 13.1. The van der Waals surface area contributed by atoms with E-state index in [9.17, 15) is 4.79 Å². The molecule has 4 heterocycles. The van der Waals surface area contributed by atoms with Gasteiger partial charge in [0.2, 0.25) is 11.9 Å². The minimum absolute atomic E-state index is 0.142. The molecule has 2 aliphatic heterocycles. The van der Waals surface area contributed by atoms with Crippen molar-refractivity contribution in [2.45, 2.75) is 30.7 Å². The number of amides is 1. The molecule has 7 heteroatoms. The quantitative estimate of drug-likeness (QED) is 0.890. The van der Waals surface area contributed by atoms with Crippen LogP contribution in [0.15, 0.2) is 30.9 Å². The second kappa shape index (κ2) is 5.33. The third-order valence-corrected chi connectivity index (χ3v) is 5.06. The highest BCUT2D eigenvalue weighted by Gasteiger charge is 2.49. The standard InChI is InChI=1S/C16H20N6O/c1-21-11-12(10-19-21)13-9-14(23)20-16(13)3-7-22(8-4-16)15-17-5-2-6-18-15/h2,5-6,10-11,13H,3-4,7-9H2,1H3,(H,20,23)/t13-/m0/s1. The number of hydrogen-bond donors (Lipinski definition) is 1. The number of hydrogen-bond acceptors (Lipinski definition) is 5. The van der Waals surface area contributed by atoms with Crippen LogP contribution < -0.4 is 10.2 Å². The van der Waals surface area contributed by atoms with E-state index >= 15 is 0 Å². The minimum Gasteiger partial charge on any atom is -0.350 e. The number of anilines is 1. The van der Waals surface area contributed by atoms with Gasteiger partial charge in [-0.15, -0.1) is 0 Å². The molecule has 7 nitrogen and oxygen atoms in total. The Morgan fingerprint density at radius 1 is 1.26 bits per heavy atom. The van der Waals surface area contributed by atoms with Crippen molar-refractivity contribution >= 4 is 11.9 Å². The smallest absolute Gasteiger partial charge is 0.225 e. The van der Waals surface area contributed by atoms with E-state index in [1.807, 2.05) is 25.5 Å². The maximum Gasteiger partial charge on any atom is 0.225 e. The molecule has 0 bridgehead atoms. The molecule has 2 fully saturated rings. The van der Waals surface area contributed by atoms with Gasteiger partial charge in [-0.05, 0) is 24.5 Å². The number of carbonyl (C=O) groups excluding carboxylic acids is 1. The van der Waals surface area contributed by atoms with Crippen molar-refractivity contribution in [1.29, 1.82) is 0 Å². The van der Waals surface area contributed by atoms with E-state index in [1.165, 1.54) is 0 Å². The number of nitrogens with one attached hydrogen (secondary N) is 1. The summed E-state index contributed by atoms with van der Waals surface area (Å²) in [6, 6.07) is 1.82. The Hall–Kier alpha value is -2.44. The van der Waals surface area contributed by atoms with Crippen molar-refractivity contribution in [3.05, 3.63) is 36.4 Å². The SMILES string of the molecule is Cn1cc([C@@H]2CC(=O)NC23CCN(c2ncccn2)CC3)cn1. The highest BCUT2D eigenvalue weighted by molar-refractivity contribution is 5.81. The van der Waals surface area contributed by atoms with Gasteiger partial charge in [0, 0.05) is 51.1 Å². The molecule has 0 unspecified atom stereocenters. The van der Waals surface area contributed by atoms with Crippen molar-refractivity contribution in [2.75, 3.05) is 18.0 Å². The van der Waals surface area contributed by atoms with Crippen LogP contribution in [-0.2, 0) is 11.8 Å². The van der Waals surface area contributed by atoms with Crippen molar-refractivity contribution in [2.24, 2.45) is 7.05 Å². The second-order valence-corrected chi connectivity index (χ2v) is 6.44. The fraction of sp³-hybridized carbons (Fsp3) is 0.500. The van der Waals surface area contributed by atoms with Crippen molar-refractivity contribution in [3.8, 4) is 0 Å². The van der Waals surface area contributed by atoms with Crippen LogP contribution in [0.4, 0.5) is 5.95 Å². The van der Waals surface area contributed by atoms with Crippen LogP contribution in [0.3, 0.4) is 0 Å². The highest BCUT2D eigenvalue weighted by atomic mass is 16.2.